The molecule has 0 aromatic carbocycles. The Balaban J connectivity index is 1.84. The zero-order valence-electron chi connectivity index (χ0n) is 12.1. The SMILES string of the molecule is Cc1ccn(CCn2cc(CNC(C)(C)C)nn2)n1. The number of hydrogen-bond acceptors (Lipinski definition) is 4. The summed E-state index contributed by atoms with van der Waals surface area (Å²) in [5.74, 6) is 0. The fourth-order valence-electron chi connectivity index (χ4n) is 1.68. The Morgan fingerprint density at radius 2 is 1.95 bits per heavy atom. The molecule has 0 radical (unpaired) electrons. The number of nitrogens with one attached hydrogen (secondary N) is 1. The lowest BCUT2D eigenvalue weighted by atomic mass is 10.1. The van der Waals surface area contributed by atoms with Gasteiger partial charge in [0.25, 0.3) is 0 Å². The normalized spacial score (nSPS) is 12.0. The van der Waals surface area contributed by atoms with Crippen LogP contribution in [-0.4, -0.2) is 30.3 Å². The Morgan fingerprint density at radius 3 is 2.58 bits per heavy atom. The van der Waals surface area contributed by atoms with Crippen molar-refractivity contribution in [3.63, 3.8) is 0 Å². The van der Waals surface area contributed by atoms with E-state index >= 15 is 0 Å². The van der Waals surface area contributed by atoms with Crippen molar-refractivity contribution in [1.82, 2.24) is 30.1 Å². The molecule has 0 aliphatic carbocycles. The van der Waals surface area contributed by atoms with E-state index in [0.29, 0.717) is 0 Å². The van der Waals surface area contributed by atoms with Crippen molar-refractivity contribution >= 4 is 0 Å². The number of rotatable bonds is 5. The minimum Gasteiger partial charge on any atom is -0.306 e. The van der Waals surface area contributed by atoms with Gasteiger partial charge in [-0.25, -0.2) is 0 Å². The first-order valence-corrected chi connectivity index (χ1v) is 6.56. The summed E-state index contributed by atoms with van der Waals surface area (Å²) >= 11 is 0. The molecule has 2 aromatic heterocycles. The maximum absolute atomic E-state index is 4.34. The van der Waals surface area contributed by atoms with Crippen LogP contribution < -0.4 is 5.32 Å². The van der Waals surface area contributed by atoms with Crippen molar-refractivity contribution in [3.05, 3.63) is 29.8 Å². The highest BCUT2D eigenvalue weighted by Gasteiger charge is 2.10. The summed E-state index contributed by atoms with van der Waals surface area (Å²) in [7, 11) is 0. The van der Waals surface area contributed by atoms with E-state index in [4.69, 9.17) is 0 Å². The molecule has 0 fully saturated rings. The van der Waals surface area contributed by atoms with E-state index in [9.17, 15) is 0 Å². The molecule has 19 heavy (non-hydrogen) atoms. The molecule has 0 bridgehead atoms. The molecule has 0 aliphatic heterocycles. The highest BCUT2D eigenvalue weighted by Crippen LogP contribution is 2.02. The van der Waals surface area contributed by atoms with Gasteiger partial charge in [0.05, 0.1) is 24.5 Å². The van der Waals surface area contributed by atoms with Crippen molar-refractivity contribution in [3.8, 4) is 0 Å². The Hall–Kier alpha value is -1.69. The standard InChI is InChI=1S/C13H22N6/c1-11-5-6-18(16-11)7-8-19-10-12(15-17-19)9-14-13(2,3)4/h5-6,10,14H,7-9H2,1-4H3. The zero-order valence-corrected chi connectivity index (χ0v) is 12.1. The van der Waals surface area contributed by atoms with Crippen LogP contribution in [0.2, 0.25) is 0 Å². The van der Waals surface area contributed by atoms with Crippen molar-refractivity contribution in [1.29, 1.82) is 0 Å². The van der Waals surface area contributed by atoms with Crippen LogP contribution in [0.4, 0.5) is 0 Å². The van der Waals surface area contributed by atoms with Gasteiger partial charge in [0.1, 0.15) is 0 Å². The third kappa shape index (κ3) is 4.48. The van der Waals surface area contributed by atoms with Crippen LogP contribution in [0, 0.1) is 6.92 Å². The van der Waals surface area contributed by atoms with Gasteiger partial charge in [-0.1, -0.05) is 5.21 Å². The summed E-state index contributed by atoms with van der Waals surface area (Å²) in [5.41, 5.74) is 2.09. The maximum atomic E-state index is 4.34. The predicted octanol–water partition coefficient (Wildman–Crippen LogP) is 1.37. The van der Waals surface area contributed by atoms with Gasteiger partial charge in [-0.15, -0.1) is 5.10 Å². The molecule has 0 saturated heterocycles. The largest absolute Gasteiger partial charge is 0.306 e. The number of aryl methyl sites for hydroxylation is 3. The summed E-state index contributed by atoms with van der Waals surface area (Å²) in [5, 5.41) is 16.0. The average Bonchev–Trinajstić information content (AvgIpc) is 2.92. The second-order valence-electron chi connectivity index (χ2n) is 5.80. The fourth-order valence-corrected chi connectivity index (χ4v) is 1.68. The molecule has 6 heteroatoms. The molecule has 0 spiro atoms. The van der Waals surface area contributed by atoms with E-state index in [1.54, 1.807) is 0 Å². The second-order valence-corrected chi connectivity index (χ2v) is 5.80. The Labute approximate surface area is 113 Å². The minimum absolute atomic E-state index is 0.0936. The summed E-state index contributed by atoms with van der Waals surface area (Å²) in [4.78, 5) is 0. The predicted molar refractivity (Wildman–Crippen MR) is 73.6 cm³/mol. The Morgan fingerprint density at radius 1 is 1.21 bits per heavy atom. The summed E-state index contributed by atoms with van der Waals surface area (Å²) in [6.45, 7) is 10.7. The maximum Gasteiger partial charge on any atom is 0.0965 e. The van der Waals surface area contributed by atoms with E-state index in [2.05, 4.69) is 41.5 Å². The van der Waals surface area contributed by atoms with Gasteiger partial charge in [0, 0.05) is 24.5 Å². The van der Waals surface area contributed by atoms with Gasteiger partial charge in [-0.05, 0) is 33.8 Å². The quantitative estimate of drug-likeness (QED) is 0.884. The third-order valence-electron chi connectivity index (χ3n) is 2.72. The van der Waals surface area contributed by atoms with Crippen molar-refractivity contribution in [2.45, 2.75) is 52.9 Å². The molecule has 104 valence electrons. The summed E-state index contributed by atoms with van der Waals surface area (Å²) in [6.07, 6.45) is 3.96. The van der Waals surface area contributed by atoms with Crippen LogP contribution in [0.3, 0.4) is 0 Å². The summed E-state index contributed by atoms with van der Waals surface area (Å²) < 4.78 is 3.78. The first-order valence-electron chi connectivity index (χ1n) is 6.56. The number of nitrogens with zero attached hydrogens (tertiary/aromatic N) is 5. The molecule has 6 nitrogen and oxygen atoms in total. The van der Waals surface area contributed by atoms with Crippen LogP contribution in [0.1, 0.15) is 32.2 Å². The van der Waals surface area contributed by atoms with Crippen LogP contribution in [0.25, 0.3) is 0 Å². The molecular weight excluding hydrogens is 240 g/mol. The average molecular weight is 262 g/mol. The topological polar surface area (TPSA) is 60.6 Å². The molecule has 2 rings (SSSR count). The van der Waals surface area contributed by atoms with Gasteiger partial charge >= 0.3 is 0 Å². The van der Waals surface area contributed by atoms with Crippen LogP contribution in [-0.2, 0) is 19.6 Å². The van der Waals surface area contributed by atoms with Gasteiger partial charge in [-0.3, -0.25) is 9.36 Å². The van der Waals surface area contributed by atoms with Gasteiger partial charge in [0.15, 0.2) is 0 Å². The molecule has 0 unspecified atom stereocenters. The van der Waals surface area contributed by atoms with Gasteiger partial charge in [0.2, 0.25) is 0 Å². The second kappa shape index (κ2) is 5.52. The Bertz CT molecular complexity index is 519. The molecular formula is C13H22N6. The van der Waals surface area contributed by atoms with E-state index in [0.717, 1.165) is 31.0 Å². The highest BCUT2D eigenvalue weighted by molar-refractivity contribution is 4.95. The molecule has 2 heterocycles. The molecule has 2 aromatic rings. The van der Waals surface area contributed by atoms with E-state index in [1.165, 1.54) is 0 Å². The minimum atomic E-state index is 0.0936. The molecule has 0 aliphatic rings. The third-order valence-corrected chi connectivity index (χ3v) is 2.72. The lowest BCUT2D eigenvalue weighted by Crippen LogP contribution is -2.35. The van der Waals surface area contributed by atoms with Crippen molar-refractivity contribution in [2.75, 3.05) is 0 Å². The number of hydrogen-bond donors (Lipinski definition) is 1. The fraction of sp³-hybridized carbons (Fsp3) is 0.615. The first kappa shape index (κ1) is 13.7. The van der Waals surface area contributed by atoms with Crippen LogP contribution in [0.15, 0.2) is 18.5 Å². The van der Waals surface area contributed by atoms with E-state index < -0.39 is 0 Å². The molecule has 1 N–H and O–H groups in total. The van der Waals surface area contributed by atoms with Crippen LogP contribution in [0.5, 0.6) is 0 Å². The molecule has 0 amide bonds. The van der Waals surface area contributed by atoms with E-state index in [1.807, 2.05) is 34.7 Å². The smallest absolute Gasteiger partial charge is 0.0965 e. The number of aromatic nitrogens is 5. The molecule has 0 saturated carbocycles. The summed E-state index contributed by atoms with van der Waals surface area (Å²) in [6, 6.07) is 2.00. The van der Waals surface area contributed by atoms with Gasteiger partial charge in [-0.2, -0.15) is 5.10 Å². The van der Waals surface area contributed by atoms with E-state index in [-0.39, 0.29) is 5.54 Å². The monoisotopic (exact) mass is 262 g/mol. The lowest BCUT2D eigenvalue weighted by molar-refractivity contribution is 0.421. The zero-order chi connectivity index (χ0) is 13.9. The first-order chi connectivity index (χ1) is 8.92. The van der Waals surface area contributed by atoms with Crippen molar-refractivity contribution in [2.24, 2.45) is 0 Å². The molecule has 0 atom stereocenters. The van der Waals surface area contributed by atoms with Crippen molar-refractivity contribution < 1.29 is 0 Å². The lowest BCUT2D eigenvalue weighted by Gasteiger charge is -2.19. The van der Waals surface area contributed by atoms with Crippen LogP contribution >= 0.6 is 0 Å². The Kier molecular flexibility index (Phi) is 3.99. The highest BCUT2D eigenvalue weighted by atomic mass is 15.4. The van der Waals surface area contributed by atoms with Gasteiger partial charge < -0.3 is 5.32 Å².